The third-order valence-corrected chi connectivity index (χ3v) is 7.28. The van der Waals surface area contributed by atoms with Gasteiger partial charge in [0.05, 0.1) is 26.4 Å². The van der Waals surface area contributed by atoms with E-state index in [1.807, 2.05) is 42.0 Å². The van der Waals surface area contributed by atoms with E-state index < -0.39 is 14.5 Å². The summed E-state index contributed by atoms with van der Waals surface area (Å²) >= 11 is 5.87. The van der Waals surface area contributed by atoms with Gasteiger partial charge in [-0.25, -0.2) is 9.46 Å². The van der Waals surface area contributed by atoms with Crippen molar-refractivity contribution in [2.24, 2.45) is 0 Å². The molecule has 0 fully saturated rings. The van der Waals surface area contributed by atoms with Crippen LogP contribution in [0.1, 0.15) is 28.8 Å². The van der Waals surface area contributed by atoms with E-state index in [1.165, 1.54) is 6.08 Å². The van der Waals surface area contributed by atoms with E-state index in [2.05, 4.69) is 6.58 Å². The Morgan fingerprint density at radius 1 is 1.05 bits per heavy atom. The van der Waals surface area contributed by atoms with Gasteiger partial charge in [0.25, 0.3) is 0 Å². The van der Waals surface area contributed by atoms with Crippen molar-refractivity contribution in [3.05, 3.63) is 78.4 Å². The molecule has 0 aliphatic carbocycles. The second-order valence-corrected chi connectivity index (χ2v) is 10.1. The number of methoxy groups -OCH3 is 2. The van der Waals surface area contributed by atoms with Crippen LogP contribution in [0.2, 0.25) is 0 Å². The fourth-order valence-corrected chi connectivity index (χ4v) is 5.12. The van der Waals surface area contributed by atoms with E-state index in [-0.39, 0.29) is 13.2 Å². The summed E-state index contributed by atoms with van der Waals surface area (Å²) in [5.41, 5.74) is 1.28. The van der Waals surface area contributed by atoms with Gasteiger partial charge in [0.15, 0.2) is 0 Å². The molecular weight excluding hydrogens is 513 g/mol. The van der Waals surface area contributed by atoms with Crippen LogP contribution in [0.4, 0.5) is 0 Å². The average molecular weight is 546 g/mol. The maximum absolute atomic E-state index is 12.1. The van der Waals surface area contributed by atoms with E-state index in [0.717, 1.165) is 47.2 Å². The highest BCUT2D eigenvalue weighted by Gasteiger charge is 2.22. The first kappa shape index (κ1) is 28.7. The number of benzene rings is 3. The van der Waals surface area contributed by atoms with Crippen molar-refractivity contribution in [1.29, 1.82) is 0 Å². The third kappa shape index (κ3) is 7.83. The molecule has 0 saturated carbocycles. The SMILES string of the molecule is C=CCOC(=O)c1ccc(OP(OCc2cc(OC)c3ccccc3c2OC)N(C)CCCCCl)cc1. The van der Waals surface area contributed by atoms with Gasteiger partial charge in [0.1, 0.15) is 23.9 Å². The summed E-state index contributed by atoms with van der Waals surface area (Å²) in [7, 11) is 3.77. The molecule has 0 N–H and O–H groups in total. The minimum atomic E-state index is -1.48. The predicted octanol–water partition coefficient (Wildman–Crippen LogP) is 6.97. The lowest BCUT2D eigenvalue weighted by molar-refractivity contribution is 0.0549. The van der Waals surface area contributed by atoms with Crippen LogP contribution in [0.25, 0.3) is 10.8 Å². The molecule has 37 heavy (non-hydrogen) atoms. The van der Waals surface area contributed by atoms with Gasteiger partial charge < -0.3 is 23.3 Å². The highest BCUT2D eigenvalue weighted by molar-refractivity contribution is 7.44. The molecule has 1 unspecified atom stereocenters. The smallest absolute Gasteiger partial charge is 0.338 e. The molecule has 0 aliphatic rings. The number of nitrogens with zero attached hydrogens (tertiary/aromatic N) is 1. The zero-order chi connectivity index (χ0) is 26.6. The Morgan fingerprint density at radius 3 is 2.43 bits per heavy atom. The minimum Gasteiger partial charge on any atom is -0.496 e. The first-order valence-electron chi connectivity index (χ1n) is 11.9. The van der Waals surface area contributed by atoms with Crippen molar-refractivity contribution < 1.29 is 28.1 Å². The van der Waals surface area contributed by atoms with Gasteiger partial charge in [0.2, 0.25) is 0 Å². The quantitative estimate of drug-likeness (QED) is 0.0671. The van der Waals surface area contributed by atoms with Crippen molar-refractivity contribution in [3.63, 3.8) is 0 Å². The van der Waals surface area contributed by atoms with Gasteiger partial charge in [-0.3, -0.25) is 0 Å². The van der Waals surface area contributed by atoms with Crippen molar-refractivity contribution in [3.8, 4) is 17.2 Å². The number of esters is 1. The Kier molecular flexibility index (Phi) is 11.5. The fourth-order valence-electron chi connectivity index (χ4n) is 3.68. The van der Waals surface area contributed by atoms with Crippen LogP contribution >= 0.6 is 20.1 Å². The van der Waals surface area contributed by atoms with Crippen molar-refractivity contribution in [2.45, 2.75) is 19.4 Å². The Bertz CT molecular complexity index is 1170. The molecule has 0 spiro atoms. The summed E-state index contributed by atoms with van der Waals surface area (Å²) in [6, 6.07) is 16.7. The normalized spacial score (nSPS) is 11.8. The number of alkyl halides is 1. The Labute approximate surface area is 224 Å². The lowest BCUT2D eigenvalue weighted by atomic mass is 10.0. The Balaban J connectivity index is 1.81. The molecule has 0 radical (unpaired) electrons. The number of hydrogen-bond donors (Lipinski definition) is 0. The van der Waals surface area contributed by atoms with E-state index in [9.17, 15) is 4.79 Å². The molecule has 198 valence electrons. The highest BCUT2D eigenvalue weighted by Crippen LogP contribution is 2.45. The summed E-state index contributed by atoms with van der Waals surface area (Å²) in [5, 5.41) is 1.91. The maximum atomic E-state index is 12.1. The second-order valence-electron chi connectivity index (χ2n) is 8.11. The van der Waals surface area contributed by atoms with E-state index in [1.54, 1.807) is 38.5 Å². The number of hydrogen-bond acceptors (Lipinski definition) is 7. The molecule has 0 amide bonds. The van der Waals surface area contributed by atoms with Crippen LogP contribution in [0, 0.1) is 0 Å². The molecular formula is C28H33ClNO6P. The van der Waals surface area contributed by atoms with Crippen molar-refractivity contribution >= 4 is 36.9 Å². The molecule has 0 heterocycles. The fraction of sp³-hybridized carbons (Fsp3) is 0.321. The number of fused-ring (bicyclic) bond motifs is 1. The number of ether oxygens (including phenoxy) is 3. The van der Waals surface area contributed by atoms with Crippen molar-refractivity contribution in [2.75, 3.05) is 40.3 Å². The van der Waals surface area contributed by atoms with Crippen LogP contribution in [-0.4, -0.2) is 50.9 Å². The Morgan fingerprint density at radius 2 is 1.78 bits per heavy atom. The summed E-state index contributed by atoms with van der Waals surface area (Å²) in [5.74, 6) is 2.25. The minimum absolute atomic E-state index is 0.159. The molecule has 7 nitrogen and oxygen atoms in total. The van der Waals surface area contributed by atoms with Crippen molar-refractivity contribution in [1.82, 2.24) is 4.67 Å². The van der Waals surface area contributed by atoms with Gasteiger partial charge in [0, 0.05) is 28.8 Å². The molecule has 3 aromatic rings. The zero-order valence-corrected chi connectivity index (χ0v) is 23.1. The molecule has 0 aromatic heterocycles. The molecule has 0 saturated heterocycles. The number of carbonyl (C=O) groups excluding carboxylic acids is 1. The van der Waals surface area contributed by atoms with Gasteiger partial charge in [-0.15, -0.1) is 11.6 Å². The van der Waals surface area contributed by atoms with Gasteiger partial charge in [-0.2, -0.15) is 0 Å². The molecule has 9 heteroatoms. The van der Waals surface area contributed by atoms with E-state index in [0.29, 0.717) is 17.2 Å². The summed E-state index contributed by atoms with van der Waals surface area (Å²) in [6.07, 6.45) is 3.33. The van der Waals surface area contributed by atoms with E-state index >= 15 is 0 Å². The Hall–Kier alpha value is -2.83. The first-order valence-corrected chi connectivity index (χ1v) is 13.6. The topological polar surface area (TPSA) is 66.5 Å². The second kappa shape index (κ2) is 14.8. The number of halogens is 1. The lowest BCUT2D eigenvalue weighted by Crippen LogP contribution is -2.18. The summed E-state index contributed by atoms with van der Waals surface area (Å²) < 4.78 is 31.1. The lowest BCUT2D eigenvalue weighted by Gasteiger charge is -2.26. The molecule has 3 rings (SSSR count). The third-order valence-electron chi connectivity index (χ3n) is 5.54. The van der Waals surface area contributed by atoms with Gasteiger partial charge in [-0.05, 0) is 50.2 Å². The maximum Gasteiger partial charge on any atom is 0.338 e. The molecule has 3 aromatic carbocycles. The first-order chi connectivity index (χ1) is 18.0. The zero-order valence-electron chi connectivity index (χ0n) is 21.4. The van der Waals surface area contributed by atoms with Crippen LogP contribution in [0.5, 0.6) is 17.2 Å². The molecule has 1 atom stereocenters. The average Bonchev–Trinajstić information content (AvgIpc) is 2.93. The van der Waals surface area contributed by atoms with Crippen LogP contribution < -0.4 is 14.0 Å². The number of unbranched alkanes of at least 4 members (excludes halogenated alkanes) is 1. The van der Waals surface area contributed by atoms with Gasteiger partial charge >= 0.3 is 14.5 Å². The highest BCUT2D eigenvalue weighted by atomic mass is 35.5. The molecule has 0 bridgehead atoms. The van der Waals surface area contributed by atoms with E-state index in [4.69, 9.17) is 34.9 Å². The number of carbonyl (C=O) groups is 1. The summed E-state index contributed by atoms with van der Waals surface area (Å²) in [4.78, 5) is 12.1. The molecule has 0 aliphatic heterocycles. The standard InChI is InChI=1S/C28H33ClNO6P/c1-5-18-34-28(31)21-12-14-23(15-13-21)36-37(30(2)17-9-8-16-29)35-20-22-19-26(32-3)24-10-6-7-11-25(24)27(22)33-4/h5-7,10-15,19H,1,8-9,16-18,20H2,2-4H3. The number of rotatable bonds is 15. The van der Waals surface area contributed by atoms with Crippen LogP contribution in [-0.2, 0) is 15.9 Å². The van der Waals surface area contributed by atoms with Crippen LogP contribution in [0.3, 0.4) is 0 Å². The monoisotopic (exact) mass is 545 g/mol. The van der Waals surface area contributed by atoms with Crippen LogP contribution in [0.15, 0.2) is 67.3 Å². The largest absolute Gasteiger partial charge is 0.496 e. The van der Waals surface area contributed by atoms with Gasteiger partial charge in [-0.1, -0.05) is 36.9 Å². The predicted molar refractivity (Wildman–Crippen MR) is 149 cm³/mol. The summed E-state index contributed by atoms with van der Waals surface area (Å²) in [6.45, 7) is 4.72.